The average molecular weight is 308 g/mol. The lowest BCUT2D eigenvalue weighted by atomic mass is 9.78. The molecule has 3 nitrogen and oxygen atoms in total. The second-order valence-corrected chi connectivity index (χ2v) is 6.21. The summed E-state index contributed by atoms with van der Waals surface area (Å²) >= 11 is 0. The first-order chi connectivity index (χ1) is 11.3. The van der Waals surface area contributed by atoms with E-state index in [0.717, 1.165) is 25.0 Å². The summed E-state index contributed by atoms with van der Waals surface area (Å²) in [5.41, 5.74) is 3.41. The van der Waals surface area contributed by atoms with Crippen molar-refractivity contribution < 1.29 is 5.21 Å². The Morgan fingerprint density at radius 1 is 1.00 bits per heavy atom. The van der Waals surface area contributed by atoms with Crippen LogP contribution in [0.25, 0.3) is 0 Å². The predicted octanol–water partition coefficient (Wildman–Crippen LogP) is 4.71. The van der Waals surface area contributed by atoms with Crippen LogP contribution < -0.4 is 5.32 Å². The Morgan fingerprint density at radius 3 is 2.17 bits per heavy atom. The summed E-state index contributed by atoms with van der Waals surface area (Å²) in [4.78, 5) is 0. The summed E-state index contributed by atoms with van der Waals surface area (Å²) in [5, 5.41) is 17.0. The first-order valence-electron chi connectivity index (χ1n) is 8.40. The molecule has 0 bridgehead atoms. The quantitative estimate of drug-likeness (QED) is 0.634. The predicted molar refractivity (Wildman–Crippen MR) is 93.7 cm³/mol. The first-order valence-corrected chi connectivity index (χ1v) is 8.40. The van der Waals surface area contributed by atoms with E-state index in [0.29, 0.717) is 0 Å². The highest BCUT2D eigenvalue weighted by Crippen LogP contribution is 2.37. The van der Waals surface area contributed by atoms with Gasteiger partial charge in [-0.3, -0.25) is 0 Å². The lowest BCUT2D eigenvalue weighted by molar-refractivity contribution is 0.284. The van der Waals surface area contributed by atoms with Crippen molar-refractivity contribution in [2.24, 2.45) is 11.1 Å². The fourth-order valence-electron chi connectivity index (χ4n) is 3.59. The molecule has 3 rings (SSSR count). The molecule has 2 aromatic carbocycles. The van der Waals surface area contributed by atoms with Crippen LogP contribution >= 0.6 is 0 Å². The van der Waals surface area contributed by atoms with E-state index in [2.05, 4.69) is 65.9 Å². The summed E-state index contributed by atoms with van der Waals surface area (Å²) in [6, 6.07) is 21.3. The third kappa shape index (κ3) is 3.45. The molecule has 1 heterocycles. The van der Waals surface area contributed by atoms with E-state index in [1.54, 1.807) is 0 Å². The summed E-state index contributed by atoms with van der Waals surface area (Å²) in [7, 11) is 0. The Kier molecular flexibility index (Phi) is 5.09. The molecular weight excluding hydrogens is 284 g/mol. The molecule has 0 saturated carbocycles. The van der Waals surface area contributed by atoms with Gasteiger partial charge in [0.15, 0.2) is 0 Å². The Balaban J connectivity index is 1.95. The number of benzene rings is 2. The molecular formula is C20H24N2O. The smallest absolute Gasteiger partial charge is 0.0639 e. The minimum atomic E-state index is 0.181. The third-order valence-electron chi connectivity index (χ3n) is 4.71. The third-order valence-corrected chi connectivity index (χ3v) is 4.71. The van der Waals surface area contributed by atoms with Crippen LogP contribution in [0.15, 0.2) is 65.8 Å². The zero-order chi connectivity index (χ0) is 16.1. The fourth-order valence-corrected chi connectivity index (χ4v) is 3.59. The highest BCUT2D eigenvalue weighted by Gasteiger charge is 2.35. The van der Waals surface area contributed by atoms with Crippen molar-refractivity contribution >= 4 is 5.71 Å². The molecule has 0 spiro atoms. The van der Waals surface area contributed by atoms with Gasteiger partial charge in [0.05, 0.1) is 5.71 Å². The molecule has 23 heavy (non-hydrogen) atoms. The highest BCUT2D eigenvalue weighted by molar-refractivity contribution is 5.88. The molecule has 0 aliphatic carbocycles. The van der Waals surface area contributed by atoms with Crippen LogP contribution in [0.2, 0.25) is 0 Å². The second kappa shape index (κ2) is 7.42. The van der Waals surface area contributed by atoms with E-state index < -0.39 is 0 Å². The summed E-state index contributed by atoms with van der Waals surface area (Å²) in [6.07, 6.45) is 2.85. The molecule has 1 aliphatic rings. The molecule has 3 unspecified atom stereocenters. The molecule has 0 radical (unpaired) electrons. The van der Waals surface area contributed by atoms with E-state index in [1.165, 1.54) is 11.1 Å². The maximum absolute atomic E-state index is 9.58. The van der Waals surface area contributed by atoms with Crippen LogP contribution in [0.5, 0.6) is 0 Å². The summed E-state index contributed by atoms with van der Waals surface area (Å²) < 4.78 is 0. The van der Waals surface area contributed by atoms with E-state index in [1.807, 2.05) is 12.1 Å². The van der Waals surface area contributed by atoms with Crippen molar-refractivity contribution in [3.8, 4) is 0 Å². The Morgan fingerprint density at radius 2 is 1.61 bits per heavy atom. The number of oxime groups is 1. The van der Waals surface area contributed by atoms with E-state index >= 15 is 0 Å². The number of nitrogens with one attached hydrogen (secondary N) is 1. The Hall–Kier alpha value is -2.13. The van der Waals surface area contributed by atoms with Crippen LogP contribution in [-0.4, -0.2) is 10.9 Å². The van der Waals surface area contributed by atoms with E-state index in [9.17, 15) is 5.21 Å². The maximum Gasteiger partial charge on any atom is 0.0639 e. The molecule has 2 aromatic rings. The molecule has 0 amide bonds. The van der Waals surface area contributed by atoms with E-state index in [4.69, 9.17) is 0 Å². The van der Waals surface area contributed by atoms with Gasteiger partial charge in [0.25, 0.3) is 0 Å². The minimum absolute atomic E-state index is 0.181. The molecule has 3 heteroatoms. The van der Waals surface area contributed by atoms with Gasteiger partial charge in [-0.05, 0) is 17.5 Å². The van der Waals surface area contributed by atoms with Crippen LogP contribution in [0.4, 0.5) is 0 Å². The standard InChI is InChI=1S/C20H24N2O/c1-2-9-17-19(22-23)14-18(15-10-5-3-6-11-15)21-20(17)16-12-7-4-8-13-16/h3-8,10-13,17-18,20-21,23H,2,9,14H2,1H3/b22-19-. The Bertz CT molecular complexity index is 639. The monoisotopic (exact) mass is 308 g/mol. The molecule has 0 aromatic heterocycles. The van der Waals surface area contributed by atoms with Gasteiger partial charge in [-0.15, -0.1) is 0 Å². The average Bonchev–Trinajstić information content (AvgIpc) is 2.63. The maximum atomic E-state index is 9.58. The van der Waals surface area contributed by atoms with Crippen LogP contribution in [-0.2, 0) is 0 Å². The van der Waals surface area contributed by atoms with Crippen molar-refractivity contribution in [3.63, 3.8) is 0 Å². The lowest BCUT2D eigenvalue weighted by Crippen LogP contribution is -2.42. The number of hydrogen-bond donors (Lipinski definition) is 2. The fraction of sp³-hybridized carbons (Fsp3) is 0.350. The van der Waals surface area contributed by atoms with Gasteiger partial charge in [0, 0.05) is 24.4 Å². The summed E-state index contributed by atoms with van der Waals surface area (Å²) in [5.74, 6) is 0.243. The van der Waals surface area contributed by atoms with Crippen molar-refractivity contribution in [1.29, 1.82) is 0 Å². The molecule has 1 aliphatic heterocycles. The van der Waals surface area contributed by atoms with Gasteiger partial charge in [0.2, 0.25) is 0 Å². The van der Waals surface area contributed by atoms with Crippen molar-refractivity contribution in [1.82, 2.24) is 5.32 Å². The highest BCUT2D eigenvalue weighted by atomic mass is 16.4. The van der Waals surface area contributed by atoms with Crippen molar-refractivity contribution in [3.05, 3.63) is 71.8 Å². The van der Waals surface area contributed by atoms with Gasteiger partial charge < -0.3 is 10.5 Å². The normalized spacial score (nSPS) is 26.3. The Labute approximate surface area is 138 Å². The molecule has 120 valence electrons. The molecule has 1 saturated heterocycles. The van der Waals surface area contributed by atoms with Gasteiger partial charge in [-0.2, -0.15) is 0 Å². The second-order valence-electron chi connectivity index (χ2n) is 6.21. The number of piperidine rings is 1. The van der Waals surface area contributed by atoms with E-state index in [-0.39, 0.29) is 18.0 Å². The molecule has 3 atom stereocenters. The SMILES string of the molecule is CCCC1/C(=N\O)CC(c2ccccc2)NC1c1ccccc1. The zero-order valence-electron chi connectivity index (χ0n) is 13.5. The van der Waals surface area contributed by atoms with Gasteiger partial charge in [-0.25, -0.2) is 0 Å². The molecule has 1 fully saturated rings. The lowest BCUT2D eigenvalue weighted by Gasteiger charge is -2.38. The minimum Gasteiger partial charge on any atom is -0.411 e. The first kappa shape index (κ1) is 15.8. The topological polar surface area (TPSA) is 44.6 Å². The summed E-state index contributed by atoms with van der Waals surface area (Å²) in [6.45, 7) is 2.18. The van der Waals surface area contributed by atoms with Gasteiger partial charge in [0.1, 0.15) is 0 Å². The zero-order valence-corrected chi connectivity index (χ0v) is 13.5. The van der Waals surface area contributed by atoms with Gasteiger partial charge >= 0.3 is 0 Å². The van der Waals surface area contributed by atoms with Crippen LogP contribution in [0.1, 0.15) is 49.4 Å². The van der Waals surface area contributed by atoms with Crippen LogP contribution in [0.3, 0.4) is 0 Å². The van der Waals surface area contributed by atoms with Gasteiger partial charge in [-0.1, -0.05) is 79.2 Å². The van der Waals surface area contributed by atoms with Crippen molar-refractivity contribution in [2.45, 2.75) is 38.3 Å². The van der Waals surface area contributed by atoms with Crippen LogP contribution in [0, 0.1) is 5.92 Å². The largest absolute Gasteiger partial charge is 0.411 e. The van der Waals surface area contributed by atoms with Crippen molar-refractivity contribution in [2.75, 3.05) is 0 Å². The number of nitrogens with zero attached hydrogens (tertiary/aromatic N) is 1. The number of rotatable bonds is 4. The number of hydrogen-bond acceptors (Lipinski definition) is 3. The molecule has 2 N–H and O–H groups in total.